The third-order valence-corrected chi connectivity index (χ3v) is 4.84. The van der Waals surface area contributed by atoms with Gasteiger partial charge in [-0.15, -0.1) is 0 Å². The normalized spacial score (nSPS) is 16.1. The molecule has 0 amide bonds. The fourth-order valence-electron chi connectivity index (χ4n) is 3.34. The molecule has 0 bridgehead atoms. The Hall–Kier alpha value is -2.38. The van der Waals surface area contributed by atoms with Crippen molar-refractivity contribution in [2.75, 3.05) is 33.8 Å². The Morgan fingerprint density at radius 1 is 1.35 bits per heavy atom. The summed E-state index contributed by atoms with van der Waals surface area (Å²) in [6.07, 6.45) is 3.64. The van der Waals surface area contributed by atoms with Crippen LogP contribution in [0.2, 0.25) is 0 Å². The van der Waals surface area contributed by atoms with Crippen LogP contribution in [-0.2, 0) is 11.3 Å². The minimum absolute atomic E-state index is 0.0964. The van der Waals surface area contributed by atoms with Crippen molar-refractivity contribution in [1.82, 2.24) is 14.8 Å². The lowest BCUT2D eigenvalue weighted by molar-refractivity contribution is -0.138. The van der Waals surface area contributed by atoms with Gasteiger partial charge in [0.25, 0.3) is 0 Å². The quantitative estimate of drug-likeness (QED) is 0.813. The fraction of sp³-hybridized carbons (Fsp3) is 0.474. The van der Waals surface area contributed by atoms with Crippen LogP contribution in [0, 0.1) is 0 Å². The largest absolute Gasteiger partial charge is 0.497 e. The lowest BCUT2D eigenvalue weighted by atomic mass is 10.0. The number of likely N-dealkylation sites (tertiary alicyclic amines) is 1. The van der Waals surface area contributed by atoms with Crippen LogP contribution >= 0.6 is 0 Å². The van der Waals surface area contributed by atoms with E-state index in [2.05, 4.69) is 9.88 Å². The van der Waals surface area contributed by atoms with Crippen molar-refractivity contribution in [3.63, 3.8) is 0 Å². The minimum Gasteiger partial charge on any atom is -0.497 e. The number of hydrogen-bond acceptors (Lipinski definition) is 6. The Bertz CT molecular complexity index is 721. The third kappa shape index (κ3) is 4.62. The summed E-state index contributed by atoms with van der Waals surface area (Å²) in [6.45, 7) is 2.70. The number of aromatic nitrogens is 1. The number of rotatable bonds is 7. The van der Waals surface area contributed by atoms with E-state index in [1.807, 2.05) is 36.2 Å². The first-order valence-corrected chi connectivity index (χ1v) is 8.78. The molecule has 1 saturated heterocycles. The molecule has 1 aliphatic heterocycles. The summed E-state index contributed by atoms with van der Waals surface area (Å²) < 4.78 is 10.8. The van der Waals surface area contributed by atoms with Gasteiger partial charge < -0.3 is 14.3 Å². The van der Waals surface area contributed by atoms with Crippen LogP contribution in [0.5, 0.6) is 5.75 Å². The van der Waals surface area contributed by atoms with E-state index in [4.69, 9.17) is 14.3 Å². The lowest BCUT2D eigenvalue weighted by Gasteiger charge is -2.35. The predicted molar refractivity (Wildman–Crippen MR) is 97.1 cm³/mol. The van der Waals surface area contributed by atoms with E-state index in [1.165, 1.54) is 0 Å². The highest BCUT2D eigenvalue weighted by Crippen LogP contribution is 2.23. The number of carboxylic acids is 1. The number of ether oxygens (including phenoxy) is 1. The Morgan fingerprint density at radius 2 is 2.04 bits per heavy atom. The first kappa shape index (κ1) is 18.4. The summed E-state index contributed by atoms with van der Waals surface area (Å²) >= 11 is 0. The highest BCUT2D eigenvalue weighted by molar-refractivity contribution is 5.69. The zero-order valence-electron chi connectivity index (χ0n) is 15.2. The van der Waals surface area contributed by atoms with E-state index in [0.717, 1.165) is 49.5 Å². The Labute approximate surface area is 153 Å². The van der Waals surface area contributed by atoms with Crippen LogP contribution in [0.15, 0.2) is 34.9 Å². The van der Waals surface area contributed by atoms with Gasteiger partial charge in [0, 0.05) is 31.2 Å². The van der Waals surface area contributed by atoms with Gasteiger partial charge in [0.15, 0.2) is 0 Å². The summed E-state index contributed by atoms with van der Waals surface area (Å²) in [6, 6.07) is 7.96. The van der Waals surface area contributed by atoms with E-state index < -0.39 is 5.97 Å². The average molecular weight is 359 g/mol. The molecule has 0 radical (unpaired) electrons. The summed E-state index contributed by atoms with van der Waals surface area (Å²) in [7, 11) is 3.52. The maximum atomic E-state index is 10.8. The second-order valence-electron chi connectivity index (χ2n) is 6.69. The highest BCUT2D eigenvalue weighted by Gasteiger charge is 2.24. The summed E-state index contributed by atoms with van der Waals surface area (Å²) in [5.41, 5.74) is 1.83. The van der Waals surface area contributed by atoms with Crippen LogP contribution in [-0.4, -0.2) is 65.7 Å². The molecule has 1 aromatic carbocycles. The van der Waals surface area contributed by atoms with Crippen LogP contribution in [0.3, 0.4) is 0 Å². The molecular weight excluding hydrogens is 334 g/mol. The maximum absolute atomic E-state index is 10.8. The second-order valence-corrected chi connectivity index (χ2v) is 6.69. The first-order chi connectivity index (χ1) is 12.5. The molecular formula is C19H25N3O4. The van der Waals surface area contributed by atoms with Gasteiger partial charge in [-0.05, 0) is 44.2 Å². The molecule has 2 heterocycles. The molecule has 1 aliphatic rings. The molecule has 1 aromatic heterocycles. The van der Waals surface area contributed by atoms with E-state index in [-0.39, 0.29) is 6.54 Å². The topological polar surface area (TPSA) is 79.0 Å². The van der Waals surface area contributed by atoms with Crippen molar-refractivity contribution in [3.05, 3.63) is 36.2 Å². The second kappa shape index (κ2) is 8.33. The van der Waals surface area contributed by atoms with Gasteiger partial charge >= 0.3 is 5.97 Å². The van der Waals surface area contributed by atoms with Gasteiger partial charge in [-0.1, -0.05) is 0 Å². The zero-order chi connectivity index (χ0) is 18.5. The standard InChI is InChI=1S/C19H25N3O4/c1-21(12-18(23)24)16-7-9-22(10-8-16)11-15-13-26-19(20-15)14-3-5-17(25-2)6-4-14/h3-6,13,16H,7-12H2,1-2H3,(H,23,24). The van der Waals surface area contributed by atoms with Gasteiger partial charge in [0.05, 0.1) is 19.3 Å². The number of piperidine rings is 1. The Morgan fingerprint density at radius 3 is 2.65 bits per heavy atom. The number of nitrogens with zero attached hydrogens (tertiary/aromatic N) is 3. The molecule has 7 nitrogen and oxygen atoms in total. The monoisotopic (exact) mass is 359 g/mol. The third-order valence-electron chi connectivity index (χ3n) is 4.84. The van der Waals surface area contributed by atoms with E-state index in [1.54, 1.807) is 13.4 Å². The number of methoxy groups -OCH3 is 1. The van der Waals surface area contributed by atoms with Crippen molar-refractivity contribution in [1.29, 1.82) is 0 Å². The molecule has 1 N–H and O–H groups in total. The smallest absolute Gasteiger partial charge is 0.317 e. The van der Waals surface area contributed by atoms with Gasteiger partial charge in [-0.3, -0.25) is 14.6 Å². The minimum atomic E-state index is -0.774. The maximum Gasteiger partial charge on any atom is 0.317 e. The molecule has 26 heavy (non-hydrogen) atoms. The van der Waals surface area contributed by atoms with Crippen LogP contribution in [0.25, 0.3) is 11.5 Å². The van der Waals surface area contributed by atoms with Gasteiger partial charge in [-0.25, -0.2) is 4.98 Å². The number of benzene rings is 1. The lowest BCUT2D eigenvalue weighted by Crippen LogP contribution is -2.44. The first-order valence-electron chi connectivity index (χ1n) is 8.78. The van der Waals surface area contributed by atoms with Crippen molar-refractivity contribution < 1.29 is 19.1 Å². The fourth-order valence-corrected chi connectivity index (χ4v) is 3.34. The van der Waals surface area contributed by atoms with Crippen molar-refractivity contribution in [2.45, 2.75) is 25.4 Å². The number of aliphatic carboxylic acids is 1. The van der Waals surface area contributed by atoms with E-state index >= 15 is 0 Å². The van der Waals surface area contributed by atoms with E-state index in [0.29, 0.717) is 11.9 Å². The highest BCUT2D eigenvalue weighted by atomic mass is 16.5. The summed E-state index contributed by atoms with van der Waals surface area (Å²) in [5.74, 6) is 0.638. The molecule has 1 fully saturated rings. The number of likely N-dealkylation sites (N-methyl/N-ethyl adjacent to an activating group) is 1. The number of carbonyl (C=O) groups is 1. The Kier molecular flexibility index (Phi) is 5.90. The molecule has 3 rings (SSSR count). The molecule has 0 aliphatic carbocycles. The van der Waals surface area contributed by atoms with Crippen LogP contribution < -0.4 is 4.74 Å². The molecule has 0 saturated carbocycles. The number of oxazole rings is 1. The Balaban J connectivity index is 1.53. The van der Waals surface area contributed by atoms with Crippen molar-refractivity contribution in [2.24, 2.45) is 0 Å². The summed E-state index contributed by atoms with van der Waals surface area (Å²) in [5, 5.41) is 8.91. The predicted octanol–water partition coefficient (Wildman–Crippen LogP) is 2.33. The molecule has 0 spiro atoms. The summed E-state index contributed by atoms with van der Waals surface area (Å²) in [4.78, 5) is 19.7. The molecule has 0 atom stereocenters. The van der Waals surface area contributed by atoms with Crippen molar-refractivity contribution >= 4 is 5.97 Å². The molecule has 0 unspecified atom stereocenters. The van der Waals surface area contributed by atoms with Crippen LogP contribution in [0.1, 0.15) is 18.5 Å². The van der Waals surface area contributed by atoms with Gasteiger partial charge in [0.1, 0.15) is 12.0 Å². The molecule has 7 heteroatoms. The number of carboxylic acid groups (broad SMARTS) is 1. The number of hydrogen-bond donors (Lipinski definition) is 1. The van der Waals surface area contributed by atoms with Crippen LogP contribution in [0.4, 0.5) is 0 Å². The molecule has 2 aromatic rings. The molecule has 140 valence electrons. The van der Waals surface area contributed by atoms with Gasteiger partial charge in [-0.2, -0.15) is 0 Å². The SMILES string of the molecule is COc1ccc(-c2nc(CN3CCC(N(C)CC(=O)O)CC3)co2)cc1. The average Bonchev–Trinajstić information content (AvgIpc) is 3.10. The van der Waals surface area contributed by atoms with Gasteiger partial charge in [0.2, 0.25) is 5.89 Å². The zero-order valence-corrected chi connectivity index (χ0v) is 15.2. The van der Waals surface area contributed by atoms with Crippen molar-refractivity contribution in [3.8, 4) is 17.2 Å². The van der Waals surface area contributed by atoms with E-state index in [9.17, 15) is 4.79 Å².